The Bertz CT molecular complexity index is 1220. The summed E-state index contributed by atoms with van der Waals surface area (Å²) in [5.41, 5.74) is 10.6. The molecule has 0 aromatic heterocycles. The summed E-state index contributed by atoms with van der Waals surface area (Å²) in [5.74, 6) is -4.17. The van der Waals surface area contributed by atoms with E-state index in [1.54, 1.807) is 0 Å². The van der Waals surface area contributed by atoms with Crippen LogP contribution in [0.3, 0.4) is 0 Å². The molecule has 0 fully saturated rings. The number of alkyl halides is 3. The zero-order chi connectivity index (χ0) is 28.3. The fourth-order valence-corrected chi connectivity index (χ4v) is 4.07. The van der Waals surface area contributed by atoms with E-state index in [9.17, 15) is 31.2 Å². The van der Waals surface area contributed by atoms with Crippen molar-refractivity contribution in [2.75, 3.05) is 13.2 Å². The molecule has 0 unspecified atom stereocenters. The lowest BCUT2D eigenvalue weighted by Gasteiger charge is -2.17. The van der Waals surface area contributed by atoms with Crippen LogP contribution in [0.4, 0.5) is 13.2 Å². The average molecular weight is 627 g/mol. The standard InChI is InChI=1S/C21H22BrF3N4O8S/c22-14-4-8-16(9-5-14)38(32,33)29-17(18(30)36-37-19(31)21(23,24)25)12-13-2-6-15(7-3-13)34-10-1-11-35-28-20(26)27/h2-9,17,29H,1,10-12H2,(H4,26,27,28)/t17-/m0/s1. The number of halogens is 4. The van der Waals surface area contributed by atoms with E-state index in [0.29, 0.717) is 22.2 Å². The molecule has 0 aliphatic rings. The Labute approximate surface area is 223 Å². The lowest BCUT2D eigenvalue weighted by molar-refractivity contribution is -0.286. The van der Waals surface area contributed by atoms with Crippen molar-refractivity contribution < 1.29 is 50.5 Å². The van der Waals surface area contributed by atoms with Crippen molar-refractivity contribution in [1.82, 2.24) is 4.72 Å². The summed E-state index contributed by atoms with van der Waals surface area (Å²) in [5, 5.41) is 3.35. The maximum absolute atomic E-state index is 12.8. The number of nitrogens with zero attached hydrogens (tertiary/aromatic N) is 1. The first kappa shape index (κ1) is 30.7. The second-order valence-electron chi connectivity index (χ2n) is 7.30. The molecule has 208 valence electrons. The van der Waals surface area contributed by atoms with Crippen molar-refractivity contribution in [2.24, 2.45) is 16.6 Å². The number of nitrogens with one attached hydrogen (secondary N) is 1. The maximum atomic E-state index is 12.8. The van der Waals surface area contributed by atoms with Crippen molar-refractivity contribution in [3.05, 3.63) is 58.6 Å². The number of carbonyl (C=O) groups excluding carboxylic acids is 2. The van der Waals surface area contributed by atoms with Crippen LogP contribution in [0, 0.1) is 0 Å². The molecule has 17 heteroatoms. The van der Waals surface area contributed by atoms with Gasteiger partial charge >= 0.3 is 18.1 Å². The van der Waals surface area contributed by atoms with Crippen LogP contribution in [0.5, 0.6) is 5.75 Å². The largest absolute Gasteiger partial charge is 0.495 e. The normalized spacial score (nSPS) is 12.2. The minimum atomic E-state index is -5.43. The van der Waals surface area contributed by atoms with Gasteiger partial charge in [0.05, 0.1) is 11.5 Å². The van der Waals surface area contributed by atoms with E-state index in [1.807, 2.05) is 0 Å². The van der Waals surface area contributed by atoms with E-state index < -0.39 is 34.2 Å². The average Bonchev–Trinajstić information content (AvgIpc) is 2.84. The quantitative estimate of drug-likeness (QED) is 0.103. The van der Waals surface area contributed by atoms with E-state index in [1.165, 1.54) is 48.5 Å². The van der Waals surface area contributed by atoms with Gasteiger partial charge in [0, 0.05) is 10.9 Å². The summed E-state index contributed by atoms with van der Waals surface area (Å²) in [6.07, 6.45) is -5.36. The molecule has 0 bridgehead atoms. The van der Waals surface area contributed by atoms with Crippen LogP contribution < -0.4 is 20.9 Å². The second-order valence-corrected chi connectivity index (χ2v) is 9.93. The number of nitrogens with two attached hydrogens (primary N) is 2. The zero-order valence-corrected chi connectivity index (χ0v) is 21.7. The van der Waals surface area contributed by atoms with Gasteiger partial charge in [-0.2, -0.15) is 17.9 Å². The van der Waals surface area contributed by atoms with E-state index in [0.717, 1.165) is 0 Å². The Balaban J connectivity index is 2.09. The van der Waals surface area contributed by atoms with E-state index in [-0.39, 0.29) is 30.5 Å². The molecule has 1 atom stereocenters. The molecule has 38 heavy (non-hydrogen) atoms. The Morgan fingerprint density at radius 1 is 1.00 bits per heavy atom. The van der Waals surface area contributed by atoms with Crippen LogP contribution in [0.25, 0.3) is 0 Å². The number of carbonyl (C=O) groups is 2. The van der Waals surface area contributed by atoms with Gasteiger partial charge in [-0.1, -0.05) is 28.1 Å². The minimum absolute atomic E-state index is 0.192. The molecule has 0 heterocycles. The molecule has 0 amide bonds. The summed E-state index contributed by atoms with van der Waals surface area (Å²) in [6.45, 7) is 0.434. The fourth-order valence-electron chi connectivity index (χ4n) is 2.62. The first-order valence-electron chi connectivity index (χ1n) is 10.5. The SMILES string of the molecule is NC(N)=NOCCCOc1ccc(C[C@H](NS(=O)(=O)c2ccc(Br)cc2)C(=O)OOC(=O)C(F)(F)F)cc1. The smallest absolute Gasteiger partial charge is 0.493 e. The number of rotatable bonds is 12. The molecule has 0 aliphatic carbocycles. The lowest BCUT2D eigenvalue weighted by Crippen LogP contribution is -2.44. The maximum Gasteiger partial charge on any atom is 0.495 e. The summed E-state index contributed by atoms with van der Waals surface area (Å²) >= 11 is 3.16. The monoisotopic (exact) mass is 626 g/mol. The number of hydrogen-bond donors (Lipinski definition) is 3. The molecular formula is C21H22BrF3N4O8S. The van der Waals surface area contributed by atoms with E-state index >= 15 is 0 Å². The molecule has 0 spiro atoms. The first-order chi connectivity index (χ1) is 17.8. The minimum Gasteiger partial charge on any atom is -0.493 e. The van der Waals surface area contributed by atoms with Gasteiger partial charge in [0.25, 0.3) is 0 Å². The number of ether oxygens (including phenoxy) is 1. The van der Waals surface area contributed by atoms with Crippen LogP contribution in [0.15, 0.2) is 63.1 Å². The van der Waals surface area contributed by atoms with Gasteiger partial charge in [-0.15, -0.1) is 0 Å². The highest BCUT2D eigenvalue weighted by Crippen LogP contribution is 2.19. The van der Waals surface area contributed by atoms with Gasteiger partial charge in [0.2, 0.25) is 16.0 Å². The fraction of sp³-hybridized carbons (Fsp3) is 0.286. The van der Waals surface area contributed by atoms with Gasteiger partial charge in [-0.25, -0.2) is 27.8 Å². The molecule has 5 N–H and O–H groups in total. The highest BCUT2D eigenvalue weighted by molar-refractivity contribution is 9.10. The molecule has 12 nitrogen and oxygen atoms in total. The lowest BCUT2D eigenvalue weighted by atomic mass is 10.1. The molecular weight excluding hydrogens is 605 g/mol. The van der Waals surface area contributed by atoms with Gasteiger partial charge < -0.3 is 21.0 Å². The summed E-state index contributed by atoms with van der Waals surface area (Å²) in [4.78, 5) is 35.4. The van der Waals surface area contributed by atoms with Crippen molar-refractivity contribution >= 4 is 43.9 Å². The van der Waals surface area contributed by atoms with Crippen LogP contribution in [-0.4, -0.2) is 51.7 Å². The topological polar surface area (TPSA) is 182 Å². The molecule has 0 radical (unpaired) electrons. The van der Waals surface area contributed by atoms with E-state index in [2.05, 4.69) is 35.6 Å². The van der Waals surface area contributed by atoms with Crippen LogP contribution >= 0.6 is 15.9 Å². The Kier molecular flexibility index (Phi) is 11.2. The highest BCUT2D eigenvalue weighted by atomic mass is 79.9. The highest BCUT2D eigenvalue weighted by Gasteiger charge is 2.43. The molecule has 2 rings (SSSR count). The number of benzene rings is 2. The van der Waals surface area contributed by atoms with Crippen LogP contribution in [0.1, 0.15) is 12.0 Å². The first-order valence-corrected chi connectivity index (χ1v) is 12.8. The summed E-state index contributed by atoms with van der Waals surface area (Å²) in [6, 6.07) is 9.56. The van der Waals surface area contributed by atoms with Crippen molar-refractivity contribution in [2.45, 2.75) is 30.0 Å². The molecule has 0 aliphatic heterocycles. The van der Waals surface area contributed by atoms with Gasteiger partial charge in [0.1, 0.15) is 18.4 Å². The van der Waals surface area contributed by atoms with Gasteiger partial charge in [-0.3, -0.25) is 0 Å². The van der Waals surface area contributed by atoms with Crippen molar-refractivity contribution in [3.8, 4) is 5.75 Å². The predicted molar refractivity (Wildman–Crippen MR) is 129 cm³/mol. The Morgan fingerprint density at radius 2 is 1.63 bits per heavy atom. The third-order valence-corrected chi connectivity index (χ3v) is 6.33. The number of sulfonamides is 1. The van der Waals surface area contributed by atoms with Crippen LogP contribution in [-0.2, 0) is 40.6 Å². The summed E-state index contributed by atoms with van der Waals surface area (Å²) < 4.78 is 70.8. The van der Waals surface area contributed by atoms with Gasteiger partial charge in [0.15, 0.2) is 0 Å². The molecule has 0 saturated carbocycles. The third kappa shape index (κ3) is 10.4. The predicted octanol–water partition coefficient (Wildman–Crippen LogP) is 1.88. The molecule has 2 aromatic rings. The number of oxime groups is 1. The molecule has 2 aromatic carbocycles. The van der Waals surface area contributed by atoms with Crippen LogP contribution in [0.2, 0.25) is 0 Å². The Morgan fingerprint density at radius 3 is 2.21 bits per heavy atom. The Hall–Kier alpha value is -3.57. The number of guanidine groups is 1. The van der Waals surface area contributed by atoms with Crippen molar-refractivity contribution in [1.29, 1.82) is 0 Å². The zero-order valence-electron chi connectivity index (χ0n) is 19.3. The van der Waals surface area contributed by atoms with Crippen molar-refractivity contribution in [3.63, 3.8) is 0 Å². The second kappa shape index (κ2) is 13.8. The van der Waals surface area contributed by atoms with Gasteiger partial charge in [-0.05, 0) is 53.5 Å². The van der Waals surface area contributed by atoms with E-state index in [4.69, 9.17) is 21.0 Å². The molecule has 0 saturated heterocycles. The number of hydrogen-bond acceptors (Lipinski definition) is 9. The third-order valence-electron chi connectivity index (χ3n) is 4.32. The summed E-state index contributed by atoms with van der Waals surface area (Å²) in [7, 11) is -4.34.